The third-order valence-electron chi connectivity index (χ3n) is 14.1. The van der Waals surface area contributed by atoms with Crippen LogP contribution in [0.25, 0.3) is 27.8 Å². The third-order valence-corrected chi connectivity index (χ3v) is 14.1. The predicted octanol–water partition coefficient (Wildman–Crippen LogP) is 12.9. The molecule has 3 heteroatoms. The highest BCUT2D eigenvalue weighted by Crippen LogP contribution is 2.64. The van der Waals surface area contributed by atoms with E-state index >= 15 is 0 Å². The van der Waals surface area contributed by atoms with E-state index < -0.39 is 5.41 Å². The number of fused-ring (bicyclic) bond motifs is 8. The molecule has 3 atom stereocenters. The van der Waals surface area contributed by atoms with Gasteiger partial charge in [0.05, 0.1) is 17.2 Å². The summed E-state index contributed by atoms with van der Waals surface area (Å²) in [5.41, 5.74) is 20.3. The number of dihydropyridines is 1. The van der Waals surface area contributed by atoms with Crippen LogP contribution in [0.15, 0.2) is 162 Å². The molecule has 6 aromatic rings. The third kappa shape index (κ3) is 5.61. The van der Waals surface area contributed by atoms with Gasteiger partial charge in [-0.3, -0.25) is 4.99 Å². The first-order valence-corrected chi connectivity index (χ1v) is 21.6. The Balaban J connectivity index is 1.16. The van der Waals surface area contributed by atoms with Crippen LogP contribution in [-0.4, -0.2) is 18.1 Å². The molecule has 3 nitrogen and oxygen atoms in total. The second-order valence-electron chi connectivity index (χ2n) is 19.1. The highest BCUT2D eigenvalue weighted by molar-refractivity contribution is 6.13. The van der Waals surface area contributed by atoms with Gasteiger partial charge in [0.15, 0.2) is 5.84 Å². The Morgan fingerprint density at radius 1 is 0.644 bits per heavy atom. The lowest BCUT2D eigenvalue weighted by atomic mass is 9.68. The van der Waals surface area contributed by atoms with Gasteiger partial charge in [-0.05, 0) is 132 Å². The second-order valence-corrected chi connectivity index (χ2v) is 19.1. The number of nitrogens with one attached hydrogen (secondary N) is 1. The summed E-state index contributed by atoms with van der Waals surface area (Å²) in [6, 6.07) is 51.0. The van der Waals surface area contributed by atoms with E-state index in [-0.39, 0.29) is 22.8 Å². The van der Waals surface area contributed by atoms with E-state index in [1.54, 1.807) is 0 Å². The molecule has 3 unspecified atom stereocenters. The predicted molar refractivity (Wildman–Crippen MR) is 246 cm³/mol. The minimum Gasteiger partial charge on any atom is -0.387 e. The van der Waals surface area contributed by atoms with Crippen molar-refractivity contribution in [3.63, 3.8) is 0 Å². The van der Waals surface area contributed by atoms with Gasteiger partial charge in [-0.15, -0.1) is 0 Å². The number of nitrogens with zero attached hydrogens (tertiary/aromatic N) is 2. The highest BCUT2D eigenvalue weighted by atomic mass is 15.0. The van der Waals surface area contributed by atoms with Crippen molar-refractivity contribution >= 4 is 17.1 Å². The Bertz CT molecular complexity index is 2820. The lowest BCUT2D eigenvalue weighted by Gasteiger charge is -2.35. The molecule has 0 amide bonds. The molecule has 0 radical (unpaired) electrons. The van der Waals surface area contributed by atoms with E-state index in [4.69, 9.17) is 9.98 Å². The molecule has 1 spiro atoms. The van der Waals surface area contributed by atoms with Gasteiger partial charge >= 0.3 is 0 Å². The summed E-state index contributed by atoms with van der Waals surface area (Å²) < 4.78 is 0. The zero-order chi connectivity index (χ0) is 40.1. The van der Waals surface area contributed by atoms with Crippen LogP contribution in [0.1, 0.15) is 116 Å². The lowest BCUT2D eigenvalue weighted by Crippen LogP contribution is -2.28. The molecule has 6 aromatic carbocycles. The molecule has 11 rings (SSSR count). The van der Waals surface area contributed by atoms with Gasteiger partial charge < -0.3 is 5.32 Å². The Hall–Kier alpha value is -6.06. The van der Waals surface area contributed by atoms with E-state index in [0.717, 1.165) is 42.9 Å². The fraction of sp³-hybridized carbons (Fsp3) is 0.250. The summed E-state index contributed by atoms with van der Waals surface area (Å²) in [5.74, 6) is 1.09. The van der Waals surface area contributed by atoms with E-state index in [0.29, 0.717) is 0 Å². The molecule has 0 saturated carbocycles. The number of hydrogen-bond donors (Lipinski definition) is 1. The SMILES string of the molecule is CC(C)(C)c1ccc2c(c1)C13c4ccccc4-c4ccc(cc41)C1/N=C(c4ccccc4)\N=C(\c4cccc(C5=CCNC=C5)c4)CCC1CC(C)(C)c1ccc-2c3c1. The number of aliphatic imine (C=N–C) groups is 2. The first kappa shape index (κ1) is 36.1. The van der Waals surface area contributed by atoms with Crippen molar-refractivity contribution < 1.29 is 0 Å². The number of allylic oxidation sites excluding steroid dienone is 2. The molecule has 1 N–H and O–H groups in total. The minimum absolute atomic E-state index is 0.0147. The van der Waals surface area contributed by atoms with Gasteiger partial charge in [-0.2, -0.15) is 0 Å². The van der Waals surface area contributed by atoms with Crippen molar-refractivity contribution in [2.75, 3.05) is 6.54 Å². The summed E-state index contributed by atoms with van der Waals surface area (Å²) in [5, 5.41) is 3.30. The van der Waals surface area contributed by atoms with Gasteiger partial charge in [0.1, 0.15) is 0 Å². The summed E-state index contributed by atoms with van der Waals surface area (Å²) >= 11 is 0. The number of hydrogen-bond acceptors (Lipinski definition) is 3. The van der Waals surface area contributed by atoms with Crippen LogP contribution in [0.4, 0.5) is 0 Å². The average Bonchev–Trinajstić information content (AvgIpc) is 3.71. The number of rotatable bonds is 3. The van der Waals surface area contributed by atoms with Crippen LogP contribution in [0.3, 0.4) is 0 Å². The largest absolute Gasteiger partial charge is 0.387 e. The van der Waals surface area contributed by atoms with E-state index in [1.165, 1.54) is 77.9 Å². The highest BCUT2D eigenvalue weighted by Gasteiger charge is 2.53. The minimum atomic E-state index is -0.428. The van der Waals surface area contributed by atoms with Crippen LogP contribution >= 0.6 is 0 Å². The maximum atomic E-state index is 5.87. The summed E-state index contributed by atoms with van der Waals surface area (Å²) in [6.07, 6.45) is 9.33. The molecule has 4 bridgehead atoms. The Morgan fingerprint density at radius 2 is 1.34 bits per heavy atom. The zero-order valence-corrected chi connectivity index (χ0v) is 34.8. The van der Waals surface area contributed by atoms with Crippen LogP contribution in [0.5, 0.6) is 0 Å². The molecule has 5 aliphatic rings. The quantitative estimate of drug-likeness (QED) is 0.191. The molecular weight excluding hydrogens is 715 g/mol. The van der Waals surface area contributed by atoms with E-state index in [1.807, 2.05) is 6.20 Å². The molecule has 0 saturated heterocycles. The van der Waals surface area contributed by atoms with Crippen molar-refractivity contribution in [2.24, 2.45) is 15.9 Å². The first-order chi connectivity index (χ1) is 28.6. The fourth-order valence-corrected chi connectivity index (χ4v) is 11.0. The van der Waals surface area contributed by atoms with Crippen LogP contribution in [0.2, 0.25) is 0 Å². The Kier molecular flexibility index (Phi) is 8.08. The van der Waals surface area contributed by atoms with Gasteiger partial charge in [0.2, 0.25) is 0 Å². The Morgan fingerprint density at radius 3 is 2.14 bits per heavy atom. The summed E-state index contributed by atoms with van der Waals surface area (Å²) in [4.78, 5) is 11.4. The average molecular weight is 766 g/mol. The van der Waals surface area contributed by atoms with Gasteiger partial charge in [-0.25, -0.2) is 4.99 Å². The van der Waals surface area contributed by atoms with Crippen LogP contribution in [0, 0.1) is 5.92 Å². The molecule has 2 aliphatic heterocycles. The van der Waals surface area contributed by atoms with E-state index in [2.05, 4.69) is 186 Å². The molecule has 290 valence electrons. The normalized spacial score (nSPS) is 23.7. The molecule has 3 aliphatic carbocycles. The van der Waals surface area contributed by atoms with Crippen molar-refractivity contribution in [1.82, 2.24) is 5.32 Å². The molecule has 59 heavy (non-hydrogen) atoms. The topological polar surface area (TPSA) is 36.8 Å². The van der Waals surface area contributed by atoms with Gasteiger partial charge in [0.25, 0.3) is 0 Å². The second kappa shape index (κ2) is 13.2. The molecule has 0 aromatic heterocycles. The smallest absolute Gasteiger partial charge is 0.155 e. The summed E-state index contributed by atoms with van der Waals surface area (Å²) in [7, 11) is 0. The molecule has 0 fully saturated rings. The zero-order valence-electron chi connectivity index (χ0n) is 34.8. The standard InChI is InChI=1S/C56H51N3/c1-54(2,3)41-20-23-45-46-24-21-42-33-50(46)56(49(45)32-41)47-17-10-9-16-43(47)44-22-18-39(31-48(44)56)52-40(34-55(42,4)5)19-25-51(58-53(59-52)36-12-7-6-8-13-36)38-15-11-14-37(30-38)35-26-28-57-29-27-35/h6-18,20-24,26-28,30-33,40,52,57H,19,25,29,34H2,1-5H3/b58-51+,59-53-. The first-order valence-electron chi connectivity index (χ1n) is 21.6. The van der Waals surface area contributed by atoms with Crippen molar-refractivity contribution in [1.29, 1.82) is 0 Å². The van der Waals surface area contributed by atoms with Crippen LogP contribution < -0.4 is 5.32 Å². The molecular formula is C56H51N3. The molecule has 2 heterocycles. The van der Waals surface area contributed by atoms with Crippen molar-refractivity contribution in [2.45, 2.75) is 76.2 Å². The maximum absolute atomic E-state index is 5.87. The van der Waals surface area contributed by atoms with E-state index in [9.17, 15) is 0 Å². The van der Waals surface area contributed by atoms with Gasteiger partial charge in [-0.1, -0.05) is 168 Å². The van der Waals surface area contributed by atoms with Crippen molar-refractivity contribution in [3.05, 3.63) is 207 Å². The fourth-order valence-electron chi connectivity index (χ4n) is 11.0. The maximum Gasteiger partial charge on any atom is 0.155 e. The number of amidine groups is 1. The van der Waals surface area contributed by atoms with Gasteiger partial charge in [0, 0.05) is 12.1 Å². The lowest BCUT2D eigenvalue weighted by molar-refractivity contribution is 0.302. The van der Waals surface area contributed by atoms with Crippen molar-refractivity contribution in [3.8, 4) is 22.3 Å². The van der Waals surface area contributed by atoms with Crippen LogP contribution in [-0.2, 0) is 16.2 Å². The number of benzene rings is 6. The monoisotopic (exact) mass is 765 g/mol. The summed E-state index contributed by atoms with van der Waals surface area (Å²) in [6.45, 7) is 12.8. The Labute approximate surface area is 349 Å².